The molecule has 0 atom stereocenters. The quantitative estimate of drug-likeness (QED) is 0.368. The summed E-state index contributed by atoms with van der Waals surface area (Å²) >= 11 is 0. The van der Waals surface area contributed by atoms with Crippen LogP contribution in [0.25, 0.3) is 0 Å². The average molecular weight is 336 g/mol. The van der Waals surface area contributed by atoms with E-state index in [4.69, 9.17) is 9.47 Å². The van der Waals surface area contributed by atoms with Gasteiger partial charge in [0.05, 0.1) is 13.7 Å². The predicted octanol–water partition coefficient (Wildman–Crippen LogP) is 1.97. The standard InChI is InChI=1S/C18H32N4O2/c1-5-13-22(6-2)14-11-20-18(19-3)21-12-15-24-17-9-7-16(23-4)8-10-17/h7-10H,5-6,11-15H2,1-4H3,(H2,19,20,21). The van der Waals surface area contributed by atoms with Crippen molar-refractivity contribution in [1.29, 1.82) is 0 Å². The molecule has 0 saturated carbocycles. The third-order valence-electron chi connectivity index (χ3n) is 3.65. The summed E-state index contributed by atoms with van der Waals surface area (Å²) in [6, 6.07) is 7.58. The molecule has 136 valence electrons. The molecule has 0 radical (unpaired) electrons. The van der Waals surface area contributed by atoms with Gasteiger partial charge in [-0.25, -0.2) is 0 Å². The molecule has 0 heterocycles. The highest BCUT2D eigenvalue weighted by Crippen LogP contribution is 2.16. The van der Waals surface area contributed by atoms with Gasteiger partial charge in [0.1, 0.15) is 18.1 Å². The van der Waals surface area contributed by atoms with E-state index in [1.807, 2.05) is 24.3 Å². The lowest BCUT2D eigenvalue weighted by Gasteiger charge is -2.20. The predicted molar refractivity (Wildman–Crippen MR) is 100 cm³/mol. The minimum atomic E-state index is 0.573. The van der Waals surface area contributed by atoms with Crippen LogP contribution in [0.4, 0.5) is 0 Å². The summed E-state index contributed by atoms with van der Waals surface area (Å²) in [7, 11) is 3.43. The molecule has 0 aliphatic heterocycles. The maximum Gasteiger partial charge on any atom is 0.191 e. The van der Waals surface area contributed by atoms with E-state index in [1.165, 1.54) is 6.42 Å². The average Bonchev–Trinajstić information content (AvgIpc) is 2.63. The van der Waals surface area contributed by atoms with Gasteiger partial charge in [-0.15, -0.1) is 0 Å². The molecule has 24 heavy (non-hydrogen) atoms. The Morgan fingerprint density at radius 1 is 1.04 bits per heavy atom. The van der Waals surface area contributed by atoms with Crippen LogP contribution in [-0.2, 0) is 0 Å². The highest BCUT2D eigenvalue weighted by molar-refractivity contribution is 5.79. The van der Waals surface area contributed by atoms with E-state index in [2.05, 4.69) is 34.4 Å². The monoisotopic (exact) mass is 336 g/mol. The zero-order chi connectivity index (χ0) is 17.6. The van der Waals surface area contributed by atoms with E-state index in [1.54, 1.807) is 14.2 Å². The molecular weight excluding hydrogens is 304 g/mol. The second-order valence-corrected chi connectivity index (χ2v) is 5.38. The number of likely N-dealkylation sites (N-methyl/N-ethyl adjacent to an activating group) is 1. The summed E-state index contributed by atoms with van der Waals surface area (Å²) in [5.41, 5.74) is 0. The van der Waals surface area contributed by atoms with Crippen LogP contribution in [-0.4, -0.2) is 64.3 Å². The van der Waals surface area contributed by atoms with Gasteiger partial charge < -0.3 is 25.0 Å². The van der Waals surface area contributed by atoms with Gasteiger partial charge in [0, 0.05) is 20.1 Å². The first-order chi connectivity index (χ1) is 11.7. The van der Waals surface area contributed by atoms with Gasteiger partial charge in [0.25, 0.3) is 0 Å². The first-order valence-electron chi connectivity index (χ1n) is 8.67. The van der Waals surface area contributed by atoms with Crippen molar-refractivity contribution in [3.8, 4) is 11.5 Å². The maximum absolute atomic E-state index is 5.68. The first-order valence-corrected chi connectivity index (χ1v) is 8.67. The Hall–Kier alpha value is -1.95. The van der Waals surface area contributed by atoms with Crippen LogP contribution >= 0.6 is 0 Å². The number of hydrogen-bond acceptors (Lipinski definition) is 4. The van der Waals surface area contributed by atoms with Gasteiger partial charge in [0.2, 0.25) is 0 Å². The Morgan fingerprint density at radius 3 is 2.29 bits per heavy atom. The highest BCUT2D eigenvalue weighted by atomic mass is 16.5. The summed E-state index contributed by atoms with van der Waals surface area (Å²) < 4.78 is 10.8. The maximum atomic E-state index is 5.68. The van der Waals surface area contributed by atoms with Crippen molar-refractivity contribution < 1.29 is 9.47 Å². The number of rotatable bonds is 11. The van der Waals surface area contributed by atoms with Gasteiger partial charge in [-0.1, -0.05) is 13.8 Å². The van der Waals surface area contributed by atoms with Crippen molar-refractivity contribution in [3.63, 3.8) is 0 Å². The fourth-order valence-corrected chi connectivity index (χ4v) is 2.31. The molecular formula is C18H32N4O2. The SMILES string of the molecule is CCCN(CC)CCNC(=NC)NCCOc1ccc(OC)cc1. The van der Waals surface area contributed by atoms with Gasteiger partial charge >= 0.3 is 0 Å². The zero-order valence-corrected chi connectivity index (χ0v) is 15.5. The molecule has 0 aliphatic rings. The van der Waals surface area contributed by atoms with Crippen LogP contribution in [0.5, 0.6) is 11.5 Å². The van der Waals surface area contributed by atoms with Crippen molar-refractivity contribution in [2.24, 2.45) is 4.99 Å². The minimum Gasteiger partial charge on any atom is -0.497 e. The van der Waals surface area contributed by atoms with E-state index in [9.17, 15) is 0 Å². The van der Waals surface area contributed by atoms with E-state index < -0.39 is 0 Å². The number of ether oxygens (including phenoxy) is 2. The summed E-state index contributed by atoms with van der Waals surface area (Å²) in [5, 5.41) is 6.59. The number of nitrogens with zero attached hydrogens (tertiary/aromatic N) is 2. The Morgan fingerprint density at radius 2 is 1.71 bits per heavy atom. The zero-order valence-electron chi connectivity index (χ0n) is 15.5. The van der Waals surface area contributed by atoms with Gasteiger partial charge in [-0.05, 0) is 43.8 Å². The van der Waals surface area contributed by atoms with Crippen LogP contribution in [0.3, 0.4) is 0 Å². The third kappa shape index (κ3) is 8.06. The number of aliphatic imine (C=N–C) groups is 1. The number of guanidine groups is 1. The topological polar surface area (TPSA) is 58.1 Å². The molecule has 6 nitrogen and oxygen atoms in total. The minimum absolute atomic E-state index is 0.573. The lowest BCUT2D eigenvalue weighted by molar-refractivity contribution is 0.292. The highest BCUT2D eigenvalue weighted by Gasteiger charge is 2.02. The van der Waals surface area contributed by atoms with Gasteiger partial charge in [-0.2, -0.15) is 0 Å². The Labute approximate surface area is 146 Å². The van der Waals surface area contributed by atoms with Crippen LogP contribution in [0.15, 0.2) is 29.3 Å². The van der Waals surface area contributed by atoms with Crippen molar-refractivity contribution in [3.05, 3.63) is 24.3 Å². The number of hydrogen-bond donors (Lipinski definition) is 2. The molecule has 2 N–H and O–H groups in total. The van der Waals surface area contributed by atoms with Crippen LogP contribution in [0.2, 0.25) is 0 Å². The molecule has 0 fully saturated rings. The molecule has 0 amide bonds. The number of methoxy groups -OCH3 is 1. The van der Waals surface area contributed by atoms with Crippen molar-refractivity contribution >= 4 is 5.96 Å². The summed E-state index contributed by atoms with van der Waals surface area (Å²) in [5.74, 6) is 2.47. The lowest BCUT2D eigenvalue weighted by atomic mass is 10.3. The van der Waals surface area contributed by atoms with Gasteiger partial charge in [0.15, 0.2) is 5.96 Å². The number of nitrogens with one attached hydrogen (secondary N) is 2. The molecule has 0 aliphatic carbocycles. The molecule has 1 aromatic rings. The van der Waals surface area contributed by atoms with E-state index in [0.717, 1.165) is 43.6 Å². The fourth-order valence-electron chi connectivity index (χ4n) is 2.31. The summed E-state index contributed by atoms with van der Waals surface area (Å²) in [4.78, 5) is 6.65. The third-order valence-corrected chi connectivity index (χ3v) is 3.65. The normalized spacial score (nSPS) is 11.5. The van der Waals surface area contributed by atoms with Crippen LogP contribution in [0, 0.1) is 0 Å². The molecule has 6 heteroatoms. The second-order valence-electron chi connectivity index (χ2n) is 5.38. The van der Waals surface area contributed by atoms with Crippen molar-refractivity contribution in [2.75, 3.05) is 53.5 Å². The molecule has 0 unspecified atom stereocenters. The lowest BCUT2D eigenvalue weighted by Crippen LogP contribution is -2.42. The van der Waals surface area contributed by atoms with Crippen molar-refractivity contribution in [1.82, 2.24) is 15.5 Å². The molecule has 0 aromatic heterocycles. The molecule has 0 bridgehead atoms. The number of benzene rings is 1. The van der Waals surface area contributed by atoms with E-state index >= 15 is 0 Å². The first kappa shape index (κ1) is 20.1. The fraction of sp³-hybridized carbons (Fsp3) is 0.611. The smallest absolute Gasteiger partial charge is 0.191 e. The Kier molecular flexibility index (Phi) is 10.4. The molecule has 0 spiro atoms. The Bertz CT molecular complexity index is 463. The van der Waals surface area contributed by atoms with E-state index in [-0.39, 0.29) is 0 Å². The summed E-state index contributed by atoms with van der Waals surface area (Å²) in [6.07, 6.45) is 1.18. The Balaban J connectivity index is 2.19. The van der Waals surface area contributed by atoms with Gasteiger partial charge in [-0.3, -0.25) is 4.99 Å². The van der Waals surface area contributed by atoms with E-state index in [0.29, 0.717) is 13.2 Å². The second kappa shape index (κ2) is 12.5. The molecule has 1 aromatic carbocycles. The van der Waals surface area contributed by atoms with Crippen LogP contribution < -0.4 is 20.1 Å². The summed E-state index contributed by atoms with van der Waals surface area (Å²) in [6.45, 7) is 9.79. The molecule has 1 rings (SSSR count). The molecule has 0 saturated heterocycles. The van der Waals surface area contributed by atoms with Crippen molar-refractivity contribution in [2.45, 2.75) is 20.3 Å². The van der Waals surface area contributed by atoms with Crippen LogP contribution in [0.1, 0.15) is 20.3 Å². The largest absolute Gasteiger partial charge is 0.497 e.